The van der Waals surface area contributed by atoms with Crippen LogP contribution in [0, 0.1) is 5.92 Å². The van der Waals surface area contributed by atoms with E-state index in [2.05, 4.69) is 17.2 Å². The highest BCUT2D eigenvalue weighted by Crippen LogP contribution is 2.23. The number of amides is 1. The molecule has 1 amide bonds. The normalized spacial score (nSPS) is 19.6. The molecule has 0 spiro atoms. The van der Waals surface area contributed by atoms with Crippen molar-refractivity contribution in [2.45, 2.75) is 43.9 Å². The van der Waals surface area contributed by atoms with Crippen molar-refractivity contribution < 1.29 is 18.0 Å². The third-order valence-corrected chi connectivity index (χ3v) is 7.68. The molecule has 4 rings (SSSR count). The number of hydrogen-bond acceptors (Lipinski definition) is 6. The molecule has 3 heterocycles. The molecular weight excluding hydrogens is 394 g/mol. The molecule has 9 nitrogen and oxygen atoms in total. The molecule has 158 valence electrons. The first-order valence-electron chi connectivity index (χ1n) is 10.2. The van der Waals surface area contributed by atoms with Crippen molar-refractivity contribution in [2.24, 2.45) is 5.92 Å². The minimum absolute atomic E-state index is 0.0994. The van der Waals surface area contributed by atoms with Crippen LogP contribution in [0.15, 0.2) is 23.1 Å². The second kappa shape index (κ2) is 8.27. The molecule has 2 aromatic rings. The maximum absolute atomic E-state index is 12.9. The fourth-order valence-corrected chi connectivity index (χ4v) is 5.39. The highest BCUT2D eigenvalue weighted by Gasteiger charge is 2.27. The van der Waals surface area contributed by atoms with Crippen LogP contribution in [0.25, 0.3) is 11.0 Å². The molecular formula is C19H27N5O4S. The van der Waals surface area contributed by atoms with Crippen molar-refractivity contribution >= 4 is 27.0 Å². The van der Waals surface area contributed by atoms with E-state index >= 15 is 0 Å². The molecule has 0 N–H and O–H groups in total. The van der Waals surface area contributed by atoms with E-state index in [1.54, 1.807) is 17.0 Å². The first kappa shape index (κ1) is 20.1. The van der Waals surface area contributed by atoms with Crippen LogP contribution >= 0.6 is 0 Å². The molecule has 0 bridgehead atoms. The molecule has 1 aromatic heterocycles. The third kappa shape index (κ3) is 4.23. The van der Waals surface area contributed by atoms with E-state index in [1.165, 1.54) is 10.4 Å². The van der Waals surface area contributed by atoms with E-state index in [0.717, 1.165) is 50.0 Å². The van der Waals surface area contributed by atoms with Gasteiger partial charge in [0.15, 0.2) is 6.61 Å². The van der Waals surface area contributed by atoms with Crippen LogP contribution in [0.3, 0.4) is 0 Å². The summed E-state index contributed by atoms with van der Waals surface area (Å²) in [5, 5.41) is 7.93. The van der Waals surface area contributed by atoms with Crippen LogP contribution in [0.4, 0.5) is 0 Å². The topological polar surface area (TPSA) is 97.6 Å². The minimum Gasteiger partial charge on any atom is -0.385 e. The lowest BCUT2D eigenvalue weighted by molar-refractivity contribution is -0.138. The van der Waals surface area contributed by atoms with Gasteiger partial charge in [-0.1, -0.05) is 18.2 Å². The number of hydrogen-bond donors (Lipinski definition) is 0. The van der Waals surface area contributed by atoms with E-state index in [1.807, 2.05) is 0 Å². The Hall–Kier alpha value is -2.20. The maximum Gasteiger partial charge on any atom is 0.263 e. The van der Waals surface area contributed by atoms with Crippen LogP contribution in [0.5, 0.6) is 0 Å². The second-order valence-electron chi connectivity index (χ2n) is 7.91. The van der Waals surface area contributed by atoms with E-state index in [0.29, 0.717) is 30.0 Å². The van der Waals surface area contributed by atoms with Crippen molar-refractivity contribution in [2.75, 3.05) is 32.8 Å². The second-order valence-corrected chi connectivity index (χ2v) is 9.85. The van der Waals surface area contributed by atoms with Gasteiger partial charge < -0.3 is 9.74 Å². The summed E-state index contributed by atoms with van der Waals surface area (Å²) in [6.07, 6.45) is 4.80. The van der Waals surface area contributed by atoms with Gasteiger partial charge in [-0.05, 0) is 55.0 Å². The van der Waals surface area contributed by atoms with Crippen molar-refractivity contribution in [3.63, 3.8) is 0 Å². The first-order chi connectivity index (χ1) is 13.9. The zero-order chi connectivity index (χ0) is 20.4. The number of piperidine rings is 2. The Morgan fingerprint density at radius 2 is 1.86 bits per heavy atom. The standard InChI is InChI=1S/C19H27N5O4S/c1-15-7-11-22(12-8-15)19(25)14-28-24-18-13-16(5-6-17(18)20-21-24)29(26,27)23-9-3-2-4-10-23/h5-6,13,15H,2-4,7-12,14H2,1H3. The SMILES string of the molecule is CC1CCN(C(=O)COn2nnc3ccc(S(=O)(=O)N4CCCCC4)cc32)CC1. The number of sulfonamides is 1. The highest BCUT2D eigenvalue weighted by atomic mass is 32.2. The van der Waals surface area contributed by atoms with Gasteiger partial charge in [0.05, 0.1) is 4.90 Å². The molecule has 2 saturated heterocycles. The number of aromatic nitrogens is 3. The maximum atomic E-state index is 12.9. The van der Waals surface area contributed by atoms with Gasteiger partial charge in [-0.3, -0.25) is 4.79 Å². The Labute approximate surface area is 170 Å². The Morgan fingerprint density at radius 3 is 2.59 bits per heavy atom. The summed E-state index contributed by atoms with van der Waals surface area (Å²) in [7, 11) is -3.57. The van der Waals surface area contributed by atoms with Crippen molar-refractivity contribution in [1.82, 2.24) is 24.4 Å². The quantitative estimate of drug-likeness (QED) is 0.722. The lowest BCUT2D eigenvalue weighted by atomic mass is 9.99. The smallest absolute Gasteiger partial charge is 0.263 e. The van der Waals surface area contributed by atoms with Gasteiger partial charge in [-0.2, -0.15) is 4.31 Å². The molecule has 0 saturated carbocycles. The molecule has 0 aliphatic carbocycles. The van der Waals surface area contributed by atoms with Gasteiger partial charge in [-0.25, -0.2) is 8.42 Å². The Morgan fingerprint density at radius 1 is 1.14 bits per heavy atom. The van der Waals surface area contributed by atoms with Crippen molar-refractivity contribution in [3.05, 3.63) is 18.2 Å². The van der Waals surface area contributed by atoms with Gasteiger partial charge in [-0.15, -0.1) is 5.10 Å². The molecule has 2 aliphatic rings. The average Bonchev–Trinajstić information content (AvgIpc) is 3.15. The van der Waals surface area contributed by atoms with Crippen LogP contribution in [0.2, 0.25) is 0 Å². The molecule has 0 radical (unpaired) electrons. The molecule has 1 aromatic carbocycles. The number of carbonyl (C=O) groups excluding carboxylic acids is 1. The highest BCUT2D eigenvalue weighted by molar-refractivity contribution is 7.89. The monoisotopic (exact) mass is 421 g/mol. The van der Waals surface area contributed by atoms with Crippen LogP contribution in [-0.4, -0.2) is 71.5 Å². The zero-order valence-electron chi connectivity index (χ0n) is 16.7. The lowest BCUT2D eigenvalue weighted by Crippen LogP contribution is -2.41. The summed E-state index contributed by atoms with van der Waals surface area (Å²) in [6.45, 7) is 4.58. The Kier molecular flexibility index (Phi) is 5.73. The Balaban J connectivity index is 1.49. The number of benzene rings is 1. The summed E-state index contributed by atoms with van der Waals surface area (Å²) in [5.74, 6) is 0.539. The van der Waals surface area contributed by atoms with Crippen LogP contribution in [0.1, 0.15) is 39.0 Å². The number of likely N-dealkylation sites (tertiary alicyclic amines) is 1. The third-order valence-electron chi connectivity index (χ3n) is 5.79. The molecule has 0 atom stereocenters. The van der Waals surface area contributed by atoms with Gasteiger partial charge in [0, 0.05) is 26.2 Å². The first-order valence-corrected chi connectivity index (χ1v) is 11.7. The van der Waals surface area contributed by atoms with E-state index in [-0.39, 0.29) is 17.4 Å². The minimum atomic E-state index is -3.57. The van der Waals surface area contributed by atoms with E-state index in [4.69, 9.17) is 4.84 Å². The van der Waals surface area contributed by atoms with Crippen LogP contribution in [-0.2, 0) is 14.8 Å². The molecule has 29 heavy (non-hydrogen) atoms. The molecule has 2 fully saturated rings. The predicted molar refractivity (Wildman–Crippen MR) is 107 cm³/mol. The summed E-state index contributed by atoms with van der Waals surface area (Å²) in [4.78, 5) is 21.1. The van der Waals surface area contributed by atoms with Gasteiger partial charge in [0.1, 0.15) is 11.0 Å². The summed E-state index contributed by atoms with van der Waals surface area (Å²) < 4.78 is 27.4. The predicted octanol–water partition coefficient (Wildman–Crippen LogP) is 1.29. The average molecular weight is 422 g/mol. The number of fused-ring (bicyclic) bond motifs is 1. The lowest BCUT2D eigenvalue weighted by Gasteiger charge is -2.30. The van der Waals surface area contributed by atoms with Crippen LogP contribution < -0.4 is 4.84 Å². The van der Waals surface area contributed by atoms with Gasteiger partial charge in [0.25, 0.3) is 5.91 Å². The molecule has 10 heteroatoms. The Bertz CT molecular complexity index is 976. The fourth-order valence-electron chi connectivity index (χ4n) is 3.85. The fraction of sp³-hybridized carbons (Fsp3) is 0.632. The number of rotatable bonds is 5. The summed E-state index contributed by atoms with van der Waals surface area (Å²) in [5.41, 5.74) is 0.949. The molecule has 0 unspecified atom stereocenters. The zero-order valence-corrected chi connectivity index (χ0v) is 17.5. The van der Waals surface area contributed by atoms with Gasteiger partial charge >= 0.3 is 0 Å². The van der Waals surface area contributed by atoms with E-state index < -0.39 is 10.0 Å². The number of nitrogens with zero attached hydrogens (tertiary/aromatic N) is 5. The summed E-state index contributed by atoms with van der Waals surface area (Å²) in [6, 6.07) is 4.69. The number of carbonyl (C=O) groups is 1. The summed E-state index contributed by atoms with van der Waals surface area (Å²) >= 11 is 0. The molecule has 2 aliphatic heterocycles. The van der Waals surface area contributed by atoms with Crippen molar-refractivity contribution in [3.8, 4) is 0 Å². The van der Waals surface area contributed by atoms with Gasteiger partial charge in [0.2, 0.25) is 10.0 Å². The largest absolute Gasteiger partial charge is 0.385 e. The van der Waals surface area contributed by atoms with Crippen molar-refractivity contribution in [1.29, 1.82) is 0 Å². The van der Waals surface area contributed by atoms with E-state index in [9.17, 15) is 13.2 Å².